The summed E-state index contributed by atoms with van der Waals surface area (Å²) in [5, 5.41) is 0. The minimum atomic E-state index is -3.47. The molecule has 3 rings (SSSR count). The number of nitrogens with two attached hydrogens (primary N) is 1. The Hall–Kier alpha value is -1.40. The van der Waals surface area contributed by atoms with Crippen LogP contribution in [0.15, 0.2) is 59.5 Å². The lowest BCUT2D eigenvalue weighted by Gasteiger charge is -2.34. The lowest BCUT2D eigenvalue weighted by Crippen LogP contribution is -2.48. The van der Waals surface area contributed by atoms with Gasteiger partial charge in [0.15, 0.2) is 0 Å². The van der Waals surface area contributed by atoms with E-state index in [1.54, 1.807) is 22.5 Å². The largest absolute Gasteiger partial charge is 0.327 e. The van der Waals surface area contributed by atoms with Gasteiger partial charge in [-0.3, -0.25) is 0 Å². The smallest absolute Gasteiger partial charge is 0.243 e. The zero-order valence-corrected chi connectivity index (χ0v) is 15.3. The van der Waals surface area contributed by atoms with Gasteiger partial charge in [0.2, 0.25) is 10.0 Å². The van der Waals surface area contributed by atoms with E-state index in [9.17, 15) is 8.42 Å². The van der Waals surface area contributed by atoms with Gasteiger partial charge in [-0.1, -0.05) is 49.4 Å². The Morgan fingerprint density at radius 1 is 1.04 bits per heavy atom. The summed E-state index contributed by atoms with van der Waals surface area (Å²) in [6.07, 6.45) is 0.707. The summed E-state index contributed by atoms with van der Waals surface area (Å²) >= 11 is 0. The fourth-order valence-electron chi connectivity index (χ4n) is 2.96. The third-order valence-corrected chi connectivity index (χ3v) is 6.37. The highest BCUT2D eigenvalue weighted by molar-refractivity contribution is 7.89. The van der Waals surface area contributed by atoms with Gasteiger partial charge < -0.3 is 5.73 Å². The number of piperidine rings is 1. The van der Waals surface area contributed by atoms with Gasteiger partial charge in [-0.2, -0.15) is 4.31 Å². The fraction of sp³-hybridized carbons (Fsp3) is 0.333. The first-order valence-corrected chi connectivity index (χ1v) is 9.34. The van der Waals surface area contributed by atoms with E-state index in [4.69, 9.17) is 5.73 Å². The van der Waals surface area contributed by atoms with Crippen LogP contribution in [0.5, 0.6) is 0 Å². The highest BCUT2D eigenvalue weighted by Gasteiger charge is 2.32. The SMILES string of the molecule is CC1CN(S(=O)(=O)c2cccc(-c3ccccc3)c2)CCC1N.Cl. The Labute approximate surface area is 150 Å². The van der Waals surface area contributed by atoms with Crippen molar-refractivity contribution >= 4 is 22.4 Å². The van der Waals surface area contributed by atoms with E-state index < -0.39 is 10.0 Å². The van der Waals surface area contributed by atoms with E-state index in [0.717, 1.165) is 11.1 Å². The Kier molecular flexibility index (Phi) is 6.04. The molecule has 6 heteroatoms. The molecule has 0 bridgehead atoms. The lowest BCUT2D eigenvalue weighted by atomic mass is 9.96. The second kappa shape index (κ2) is 7.66. The van der Waals surface area contributed by atoms with Crippen molar-refractivity contribution in [3.8, 4) is 11.1 Å². The number of nitrogens with zero attached hydrogens (tertiary/aromatic N) is 1. The number of hydrogen-bond donors (Lipinski definition) is 1. The molecule has 1 aliphatic heterocycles. The van der Waals surface area contributed by atoms with E-state index in [-0.39, 0.29) is 24.4 Å². The minimum Gasteiger partial charge on any atom is -0.327 e. The second-order valence-corrected chi connectivity index (χ2v) is 8.12. The Morgan fingerprint density at radius 3 is 2.38 bits per heavy atom. The molecule has 0 aliphatic carbocycles. The van der Waals surface area contributed by atoms with Crippen molar-refractivity contribution in [2.75, 3.05) is 13.1 Å². The van der Waals surface area contributed by atoms with E-state index >= 15 is 0 Å². The molecular formula is C18H23ClN2O2S. The summed E-state index contributed by atoms with van der Waals surface area (Å²) in [5.41, 5.74) is 7.92. The van der Waals surface area contributed by atoms with Gasteiger partial charge in [0.25, 0.3) is 0 Å². The first-order valence-electron chi connectivity index (χ1n) is 7.90. The normalized spacial score (nSPS) is 21.9. The molecule has 2 aromatic carbocycles. The lowest BCUT2D eigenvalue weighted by molar-refractivity contribution is 0.250. The molecule has 2 atom stereocenters. The number of halogens is 1. The highest BCUT2D eigenvalue weighted by Crippen LogP contribution is 2.26. The third kappa shape index (κ3) is 3.81. The van der Waals surface area contributed by atoms with Crippen LogP contribution in [0.1, 0.15) is 13.3 Å². The molecule has 130 valence electrons. The quantitative estimate of drug-likeness (QED) is 0.907. The minimum absolute atomic E-state index is 0. The summed E-state index contributed by atoms with van der Waals surface area (Å²) in [6.45, 7) is 2.98. The molecule has 4 nitrogen and oxygen atoms in total. The molecule has 1 saturated heterocycles. The van der Waals surface area contributed by atoms with Crippen molar-refractivity contribution in [1.82, 2.24) is 4.31 Å². The zero-order valence-electron chi connectivity index (χ0n) is 13.6. The van der Waals surface area contributed by atoms with Gasteiger partial charge >= 0.3 is 0 Å². The van der Waals surface area contributed by atoms with E-state index in [1.807, 2.05) is 43.3 Å². The van der Waals surface area contributed by atoms with Crippen LogP contribution in [-0.4, -0.2) is 31.9 Å². The first kappa shape index (κ1) is 18.9. The topological polar surface area (TPSA) is 63.4 Å². The van der Waals surface area contributed by atoms with Crippen molar-refractivity contribution in [2.24, 2.45) is 11.7 Å². The van der Waals surface area contributed by atoms with Gasteiger partial charge in [0.1, 0.15) is 0 Å². The summed E-state index contributed by atoms with van der Waals surface area (Å²) in [4.78, 5) is 0.349. The third-order valence-electron chi connectivity index (χ3n) is 4.51. The number of hydrogen-bond acceptors (Lipinski definition) is 3. The van der Waals surface area contributed by atoms with E-state index in [1.165, 1.54) is 0 Å². The number of sulfonamides is 1. The van der Waals surface area contributed by atoms with Crippen molar-refractivity contribution in [3.05, 3.63) is 54.6 Å². The average Bonchev–Trinajstić information content (AvgIpc) is 2.58. The van der Waals surface area contributed by atoms with Crippen LogP contribution in [0.3, 0.4) is 0 Å². The predicted octanol–water partition coefficient (Wildman–Crippen LogP) is 3.13. The highest BCUT2D eigenvalue weighted by atomic mass is 35.5. The maximum atomic E-state index is 12.9. The van der Waals surface area contributed by atoms with Crippen LogP contribution in [0.2, 0.25) is 0 Å². The van der Waals surface area contributed by atoms with Crippen molar-refractivity contribution < 1.29 is 8.42 Å². The van der Waals surface area contributed by atoms with Crippen LogP contribution in [-0.2, 0) is 10.0 Å². The average molecular weight is 367 g/mol. The molecule has 0 spiro atoms. The summed E-state index contributed by atoms with van der Waals surface area (Å²) in [6, 6.07) is 17.0. The zero-order chi connectivity index (χ0) is 16.4. The van der Waals surface area contributed by atoms with Crippen LogP contribution in [0, 0.1) is 5.92 Å². The van der Waals surface area contributed by atoms with Gasteiger partial charge in [0.05, 0.1) is 4.90 Å². The van der Waals surface area contributed by atoms with Gasteiger partial charge in [-0.25, -0.2) is 8.42 Å². The van der Waals surface area contributed by atoms with E-state index in [2.05, 4.69) is 0 Å². The van der Waals surface area contributed by atoms with Crippen LogP contribution < -0.4 is 5.73 Å². The summed E-state index contributed by atoms with van der Waals surface area (Å²) in [5.74, 6) is 0.177. The fourth-order valence-corrected chi connectivity index (χ4v) is 4.56. The Morgan fingerprint density at radius 2 is 1.71 bits per heavy atom. The number of benzene rings is 2. The molecule has 0 amide bonds. The Bertz CT molecular complexity index is 781. The number of rotatable bonds is 3. The van der Waals surface area contributed by atoms with Gasteiger partial charge in [-0.15, -0.1) is 12.4 Å². The Balaban J connectivity index is 0.00000208. The van der Waals surface area contributed by atoms with Crippen LogP contribution >= 0.6 is 12.4 Å². The van der Waals surface area contributed by atoms with E-state index in [0.29, 0.717) is 24.4 Å². The van der Waals surface area contributed by atoms with Crippen molar-refractivity contribution in [3.63, 3.8) is 0 Å². The predicted molar refractivity (Wildman–Crippen MR) is 99.6 cm³/mol. The maximum Gasteiger partial charge on any atom is 0.243 e. The van der Waals surface area contributed by atoms with Crippen LogP contribution in [0.4, 0.5) is 0 Å². The molecule has 24 heavy (non-hydrogen) atoms. The molecule has 1 fully saturated rings. The molecule has 2 aromatic rings. The van der Waals surface area contributed by atoms with Gasteiger partial charge in [0, 0.05) is 19.1 Å². The molecular weight excluding hydrogens is 344 g/mol. The van der Waals surface area contributed by atoms with Gasteiger partial charge in [-0.05, 0) is 35.6 Å². The van der Waals surface area contributed by atoms with Crippen molar-refractivity contribution in [1.29, 1.82) is 0 Å². The molecule has 0 radical (unpaired) electrons. The summed E-state index contributed by atoms with van der Waals surface area (Å²) < 4.78 is 27.4. The molecule has 0 saturated carbocycles. The first-order chi connectivity index (χ1) is 11.0. The molecule has 2 unspecified atom stereocenters. The molecule has 2 N–H and O–H groups in total. The maximum absolute atomic E-state index is 12.9. The molecule has 0 aromatic heterocycles. The van der Waals surface area contributed by atoms with Crippen LogP contribution in [0.25, 0.3) is 11.1 Å². The summed E-state index contributed by atoms with van der Waals surface area (Å²) in [7, 11) is -3.47. The standard InChI is InChI=1S/C18H22N2O2S.ClH/c1-14-13-20(11-10-18(14)19)23(21,22)17-9-5-8-16(12-17)15-6-3-2-4-7-15;/h2-9,12,14,18H,10-11,13,19H2,1H3;1H. The second-order valence-electron chi connectivity index (χ2n) is 6.19. The molecule has 1 heterocycles. The monoisotopic (exact) mass is 366 g/mol. The van der Waals surface area contributed by atoms with Crippen molar-refractivity contribution in [2.45, 2.75) is 24.3 Å². The molecule has 1 aliphatic rings.